The number of benzene rings is 3. The van der Waals surface area contributed by atoms with E-state index in [1.54, 1.807) is 14.2 Å². The summed E-state index contributed by atoms with van der Waals surface area (Å²) < 4.78 is 18.6. The summed E-state index contributed by atoms with van der Waals surface area (Å²) in [5.41, 5.74) is 7.03. The van der Waals surface area contributed by atoms with Crippen LogP contribution in [0.2, 0.25) is 0 Å². The summed E-state index contributed by atoms with van der Waals surface area (Å²) in [5.74, 6) is 1.66. The van der Waals surface area contributed by atoms with Gasteiger partial charge in [-0.15, -0.1) is 0 Å². The van der Waals surface area contributed by atoms with Crippen LogP contribution < -0.4 is 14.4 Å². The SMILES string of the molecule is CCC(=C(c1ccc(OC)cc1)c1ccc(OC)cc1)c1cn(CC(O)C[NH+]2CCOCC2)c2ccccc12. The first-order valence-electron chi connectivity index (χ1n) is 13.8. The van der Waals surface area contributed by atoms with Gasteiger partial charge in [0.1, 0.15) is 37.2 Å². The molecule has 2 N–H and O–H groups in total. The fourth-order valence-corrected chi connectivity index (χ4v) is 5.66. The van der Waals surface area contributed by atoms with Crippen molar-refractivity contribution in [1.82, 2.24) is 4.57 Å². The quantitative estimate of drug-likeness (QED) is 0.323. The summed E-state index contributed by atoms with van der Waals surface area (Å²) in [6, 6.07) is 25.1. The van der Waals surface area contributed by atoms with Gasteiger partial charge in [-0.1, -0.05) is 49.4 Å². The molecule has 6 nitrogen and oxygen atoms in total. The predicted molar refractivity (Wildman–Crippen MR) is 157 cm³/mol. The van der Waals surface area contributed by atoms with Crippen LogP contribution in [0.15, 0.2) is 79.0 Å². The van der Waals surface area contributed by atoms with Crippen molar-refractivity contribution in [2.45, 2.75) is 26.0 Å². The monoisotopic (exact) mass is 527 g/mol. The first-order chi connectivity index (χ1) is 19.1. The molecular formula is C33H39N2O4+. The molecule has 6 heteroatoms. The summed E-state index contributed by atoms with van der Waals surface area (Å²) in [6.45, 7) is 6.93. The fourth-order valence-electron chi connectivity index (χ4n) is 5.66. The average molecular weight is 528 g/mol. The number of hydrogen-bond acceptors (Lipinski definition) is 4. The van der Waals surface area contributed by atoms with Crippen molar-refractivity contribution < 1.29 is 24.2 Å². The number of aliphatic hydroxyl groups excluding tert-OH is 1. The number of ether oxygens (including phenoxy) is 3. The van der Waals surface area contributed by atoms with Crippen LogP contribution in [0.25, 0.3) is 22.0 Å². The zero-order chi connectivity index (χ0) is 27.2. The van der Waals surface area contributed by atoms with Crippen molar-refractivity contribution in [2.24, 2.45) is 0 Å². The number of hydrogen-bond donors (Lipinski definition) is 2. The van der Waals surface area contributed by atoms with E-state index in [0.717, 1.165) is 67.4 Å². The van der Waals surface area contributed by atoms with Crippen molar-refractivity contribution in [3.63, 3.8) is 0 Å². The molecular weight excluding hydrogens is 488 g/mol. The van der Waals surface area contributed by atoms with Gasteiger partial charge >= 0.3 is 0 Å². The Morgan fingerprint density at radius 2 is 1.49 bits per heavy atom. The van der Waals surface area contributed by atoms with Crippen LogP contribution >= 0.6 is 0 Å². The average Bonchev–Trinajstić information content (AvgIpc) is 3.34. The van der Waals surface area contributed by atoms with Gasteiger partial charge in [-0.25, -0.2) is 0 Å². The van der Waals surface area contributed by atoms with Crippen LogP contribution in [0.1, 0.15) is 30.0 Å². The molecule has 0 bridgehead atoms. The maximum Gasteiger partial charge on any atom is 0.121 e. The number of allylic oxidation sites excluding steroid dienone is 1. The summed E-state index contributed by atoms with van der Waals surface area (Å²) in [5, 5.41) is 12.3. The second kappa shape index (κ2) is 12.5. The minimum absolute atomic E-state index is 0.432. The van der Waals surface area contributed by atoms with E-state index in [-0.39, 0.29) is 0 Å². The van der Waals surface area contributed by atoms with Crippen LogP contribution in [0, 0.1) is 0 Å². The molecule has 39 heavy (non-hydrogen) atoms. The van der Waals surface area contributed by atoms with Crippen LogP contribution in [0.4, 0.5) is 0 Å². The normalized spacial score (nSPS) is 14.8. The van der Waals surface area contributed by atoms with E-state index in [9.17, 15) is 5.11 Å². The second-order valence-corrected chi connectivity index (χ2v) is 10.1. The first kappa shape index (κ1) is 27.0. The summed E-state index contributed by atoms with van der Waals surface area (Å²) in [7, 11) is 3.38. The number of quaternary nitrogens is 1. The molecule has 2 heterocycles. The van der Waals surface area contributed by atoms with E-state index in [1.807, 2.05) is 24.3 Å². The Kier molecular flexibility index (Phi) is 8.67. The minimum atomic E-state index is -0.432. The van der Waals surface area contributed by atoms with E-state index in [1.165, 1.54) is 27.0 Å². The largest absolute Gasteiger partial charge is 0.497 e. The van der Waals surface area contributed by atoms with E-state index in [0.29, 0.717) is 6.54 Å². The Balaban J connectivity index is 1.60. The van der Waals surface area contributed by atoms with Gasteiger partial charge in [0.05, 0.1) is 34.0 Å². The first-order valence-corrected chi connectivity index (χ1v) is 13.8. The number of nitrogens with one attached hydrogen (secondary N) is 1. The lowest BCUT2D eigenvalue weighted by molar-refractivity contribution is -0.911. The Bertz CT molecular complexity index is 1350. The van der Waals surface area contributed by atoms with Crippen molar-refractivity contribution in [3.8, 4) is 11.5 Å². The summed E-state index contributed by atoms with van der Waals surface area (Å²) in [4.78, 5) is 1.40. The fraction of sp³-hybridized carbons (Fsp3) is 0.333. The molecule has 4 aromatic rings. The zero-order valence-electron chi connectivity index (χ0n) is 23.2. The van der Waals surface area contributed by atoms with Gasteiger partial charge in [0.15, 0.2) is 0 Å². The van der Waals surface area contributed by atoms with Crippen LogP contribution in [-0.2, 0) is 11.3 Å². The highest BCUT2D eigenvalue weighted by Crippen LogP contribution is 2.39. The third-order valence-electron chi connectivity index (χ3n) is 7.66. The van der Waals surface area contributed by atoms with Gasteiger partial charge in [-0.3, -0.25) is 0 Å². The number of nitrogens with zero attached hydrogens (tertiary/aromatic N) is 1. The number of aromatic nitrogens is 1. The van der Waals surface area contributed by atoms with Gasteiger partial charge < -0.3 is 28.8 Å². The molecule has 204 valence electrons. The molecule has 1 unspecified atom stereocenters. The highest BCUT2D eigenvalue weighted by molar-refractivity contribution is 6.05. The molecule has 0 spiro atoms. The second-order valence-electron chi connectivity index (χ2n) is 10.1. The maximum atomic E-state index is 11.1. The molecule has 1 fully saturated rings. The number of morpholine rings is 1. The Morgan fingerprint density at radius 3 is 2.05 bits per heavy atom. The standard InChI is InChI=1S/C33H38N2O4/c1-4-29(33(24-9-13-27(37-2)14-10-24)25-11-15-28(38-3)16-12-25)31-23-35(32-8-6-5-7-30(31)32)22-26(36)21-34-17-19-39-20-18-34/h5-16,23,26,36H,4,17-22H2,1-3H3/p+1. The highest BCUT2D eigenvalue weighted by Gasteiger charge is 2.22. The van der Waals surface area contributed by atoms with Gasteiger partial charge in [0, 0.05) is 22.7 Å². The topological polar surface area (TPSA) is 57.3 Å². The number of fused-ring (bicyclic) bond motifs is 1. The van der Waals surface area contributed by atoms with Crippen molar-refractivity contribution >= 4 is 22.0 Å². The van der Waals surface area contributed by atoms with Crippen LogP contribution in [-0.4, -0.2) is 62.8 Å². The number of methoxy groups -OCH3 is 2. The van der Waals surface area contributed by atoms with E-state index >= 15 is 0 Å². The van der Waals surface area contributed by atoms with Crippen molar-refractivity contribution in [3.05, 3.63) is 95.7 Å². The van der Waals surface area contributed by atoms with E-state index in [2.05, 4.69) is 66.2 Å². The Hall–Kier alpha value is -3.58. The highest BCUT2D eigenvalue weighted by atomic mass is 16.5. The van der Waals surface area contributed by atoms with Gasteiger partial charge in [0.2, 0.25) is 0 Å². The van der Waals surface area contributed by atoms with E-state index in [4.69, 9.17) is 14.2 Å². The lowest BCUT2D eigenvalue weighted by Gasteiger charge is -2.26. The number of rotatable bonds is 10. The molecule has 1 saturated heterocycles. The Labute approximate surface area is 231 Å². The third-order valence-corrected chi connectivity index (χ3v) is 7.66. The summed E-state index contributed by atoms with van der Waals surface area (Å²) in [6.07, 6.45) is 2.65. The third kappa shape index (κ3) is 6.04. The smallest absolute Gasteiger partial charge is 0.121 e. The Morgan fingerprint density at radius 1 is 0.897 bits per heavy atom. The minimum Gasteiger partial charge on any atom is -0.497 e. The molecule has 1 atom stereocenters. The van der Waals surface area contributed by atoms with Gasteiger partial charge in [0.25, 0.3) is 0 Å². The molecule has 5 rings (SSSR count). The van der Waals surface area contributed by atoms with Crippen molar-refractivity contribution in [1.29, 1.82) is 0 Å². The summed E-state index contributed by atoms with van der Waals surface area (Å²) >= 11 is 0. The molecule has 1 aromatic heterocycles. The lowest BCUT2D eigenvalue weighted by atomic mass is 9.88. The van der Waals surface area contributed by atoms with Crippen molar-refractivity contribution in [2.75, 3.05) is 47.1 Å². The molecule has 0 aliphatic carbocycles. The lowest BCUT2D eigenvalue weighted by Crippen LogP contribution is -3.15. The maximum absolute atomic E-state index is 11.1. The molecule has 0 saturated carbocycles. The molecule has 1 aliphatic rings. The van der Waals surface area contributed by atoms with E-state index < -0.39 is 6.10 Å². The van der Waals surface area contributed by atoms with Crippen LogP contribution in [0.5, 0.6) is 11.5 Å². The molecule has 1 aliphatic heterocycles. The van der Waals surface area contributed by atoms with Crippen LogP contribution in [0.3, 0.4) is 0 Å². The zero-order valence-corrected chi connectivity index (χ0v) is 23.2. The molecule has 0 amide bonds. The van der Waals surface area contributed by atoms with Gasteiger partial charge in [-0.05, 0) is 59.0 Å². The predicted octanol–water partition coefficient (Wildman–Crippen LogP) is 4.30. The number of aliphatic hydroxyl groups is 1. The van der Waals surface area contributed by atoms with Gasteiger partial charge in [-0.2, -0.15) is 0 Å². The number of para-hydroxylation sites is 1. The molecule has 3 aromatic carbocycles. The molecule has 0 radical (unpaired) electrons.